The minimum absolute atomic E-state index is 0.0234. The quantitative estimate of drug-likeness (QED) is 0.185. The molecule has 42 heavy (non-hydrogen) atoms. The van der Waals surface area contributed by atoms with Crippen molar-refractivity contribution in [2.24, 2.45) is 9.98 Å². The third-order valence-electron chi connectivity index (χ3n) is 8.26. The van der Waals surface area contributed by atoms with Crippen molar-refractivity contribution in [2.45, 2.75) is 20.8 Å². The molecule has 4 aromatic rings. The van der Waals surface area contributed by atoms with Gasteiger partial charge in [0.25, 0.3) is 0 Å². The Morgan fingerprint density at radius 1 is 0.571 bits per heavy atom. The number of fused-ring (bicyclic) bond motifs is 3. The van der Waals surface area contributed by atoms with Gasteiger partial charge in [-0.05, 0) is 67.8 Å². The lowest BCUT2D eigenvalue weighted by Gasteiger charge is -2.17. The Hall–Kier alpha value is -5.24. The van der Waals surface area contributed by atoms with E-state index in [2.05, 4.69) is 15.6 Å². The number of aryl methyl sites for hydroxylation is 3. The summed E-state index contributed by atoms with van der Waals surface area (Å²) in [5.74, 6) is 0.00150. The van der Waals surface area contributed by atoms with Gasteiger partial charge in [0.2, 0.25) is 0 Å². The number of aromatic hydroxyl groups is 2. The number of anilines is 2. The predicted molar refractivity (Wildman–Crippen MR) is 169 cm³/mol. The zero-order chi connectivity index (χ0) is 30.0. The largest absolute Gasteiger partial charge is 0.507 e. The molecule has 0 saturated heterocycles. The summed E-state index contributed by atoms with van der Waals surface area (Å²) in [7, 11) is 5.05. The van der Waals surface area contributed by atoms with E-state index in [1.54, 1.807) is 45.4 Å². The number of benzene rings is 4. The van der Waals surface area contributed by atoms with E-state index in [1.165, 1.54) is 0 Å². The lowest BCUT2D eigenvalue weighted by Crippen LogP contribution is -2.29. The molecular weight excluding hydrogens is 528 g/mol. The van der Waals surface area contributed by atoms with Crippen LogP contribution in [0.1, 0.15) is 16.7 Å². The summed E-state index contributed by atoms with van der Waals surface area (Å²) < 4.78 is 0. The van der Waals surface area contributed by atoms with Gasteiger partial charge in [-0.25, -0.2) is 4.99 Å². The van der Waals surface area contributed by atoms with Crippen LogP contribution in [0.4, 0.5) is 17.1 Å². The van der Waals surface area contributed by atoms with Gasteiger partial charge in [-0.15, -0.1) is 0 Å². The van der Waals surface area contributed by atoms with E-state index >= 15 is 0 Å². The van der Waals surface area contributed by atoms with Crippen LogP contribution in [0.15, 0.2) is 68.1 Å². The molecule has 0 aromatic heterocycles. The third-order valence-corrected chi connectivity index (χ3v) is 8.26. The normalized spacial score (nSPS) is 12.7. The van der Waals surface area contributed by atoms with Gasteiger partial charge in [0, 0.05) is 48.7 Å². The first kappa shape index (κ1) is 27.0. The summed E-state index contributed by atoms with van der Waals surface area (Å²) in [6.07, 6.45) is 0. The highest BCUT2D eigenvalue weighted by molar-refractivity contribution is 6.19. The van der Waals surface area contributed by atoms with Crippen molar-refractivity contribution < 1.29 is 10.2 Å². The average Bonchev–Trinajstić information content (AvgIpc) is 2.98. The third kappa shape index (κ3) is 3.61. The van der Waals surface area contributed by atoms with Crippen LogP contribution in [0, 0.1) is 31.2 Å². The van der Waals surface area contributed by atoms with Crippen LogP contribution >= 0.6 is 0 Å². The molecule has 0 heterocycles. The summed E-state index contributed by atoms with van der Waals surface area (Å²) >= 11 is 0. The molecule has 0 saturated carbocycles. The number of nitrogens with one attached hydrogen (secondary N) is 2. The van der Waals surface area contributed by atoms with E-state index in [-0.39, 0.29) is 38.2 Å². The summed E-state index contributed by atoms with van der Waals surface area (Å²) in [5.41, 5.74) is 3.19. The molecule has 8 nitrogen and oxygen atoms in total. The Kier molecular flexibility index (Phi) is 6.22. The Balaban J connectivity index is 1.89. The number of phenols is 2. The molecule has 0 radical (unpaired) electrons. The maximum Gasteiger partial charge on any atom is 0.198 e. The lowest BCUT2D eigenvalue weighted by molar-refractivity contribution is 0.478. The number of hydrogen-bond acceptors (Lipinski definition) is 8. The Morgan fingerprint density at radius 2 is 1.05 bits per heavy atom. The standard InChI is InChI=1S/C34H30N4O4/c1-15-7-10-18(35-4)26-23(15)33(41)29-21(12-9-17(3)25(29)31(26)39)38-22-14-13-20(37-6)28-30(22)34(42)27-19(36-5)11-8-16(2)24(27)32(28)40/h7-14,35-36,39,41H,1-6H3. The van der Waals surface area contributed by atoms with E-state index in [1.807, 2.05) is 45.0 Å². The minimum Gasteiger partial charge on any atom is -0.507 e. The second kappa shape index (κ2) is 9.69. The van der Waals surface area contributed by atoms with Crippen molar-refractivity contribution in [1.82, 2.24) is 0 Å². The SMILES string of the molecule is CN=c1ccc(=Nc2ccc(C)c3c(O)c4c(NC)ccc(C)c4c(O)c23)c2c(=O)c3c(NC)ccc(C)c3c(=O)c1=2. The van der Waals surface area contributed by atoms with Crippen molar-refractivity contribution >= 4 is 49.4 Å². The van der Waals surface area contributed by atoms with Gasteiger partial charge in [0.15, 0.2) is 10.9 Å². The van der Waals surface area contributed by atoms with Crippen molar-refractivity contribution in [3.05, 3.63) is 107 Å². The molecule has 0 unspecified atom stereocenters. The van der Waals surface area contributed by atoms with Gasteiger partial charge in [-0.3, -0.25) is 14.6 Å². The first-order valence-electron chi connectivity index (χ1n) is 13.6. The van der Waals surface area contributed by atoms with Gasteiger partial charge in [0.05, 0.1) is 43.0 Å². The number of rotatable bonds is 3. The Morgan fingerprint density at radius 3 is 1.67 bits per heavy atom. The van der Waals surface area contributed by atoms with Gasteiger partial charge in [0.1, 0.15) is 11.5 Å². The van der Waals surface area contributed by atoms with Crippen LogP contribution in [0.5, 0.6) is 11.5 Å². The summed E-state index contributed by atoms with van der Waals surface area (Å²) in [4.78, 5) is 37.4. The molecule has 0 aliphatic heterocycles. The van der Waals surface area contributed by atoms with E-state index in [0.29, 0.717) is 60.3 Å². The van der Waals surface area contributed by atoms with Gasteiger partial charge < -0.3 is 20.8 Å². The maximum atomic E-state index is 14.2. The van der Waals surface area contributed by atoms with Gasteiger partial charge in [-0.1, -0.05) is 18.2 Å². The summed E-state index contributed by atoms with van der Waals surface area (Å²) in [5, 5.41) is 33.0. The van der Waals surface area contributed by atoms with Crippen molar-refractivity contribution in [1.29, 1.82) is 0 Å². The second-order valence-corrected chi connectivity index (χ2v) is 10.6. The average molecular weight is 559 g/mol. The molecule has 0 atom stereocenters. The fourth-order valence-corrected chi connectivity index (χ4v) is 6.19. The zero-order valence-electron chi connectivity index (χ0n) is 24.2. The predicted octanol–water partition coefficient (Wildman–Crippen LogP) is 4.65. The van der Waals surface area contributed by atoms with Crippen LogP contribution in [0.3, 0.4) is 0 Å². The van der Waals surface area contributed by atoms with E-state index in [9.17, 15) is 19.8 Å². The van der Waals surface area contributed by atoms with Crippen LogP contribution in [0.2, 0.25) is 0 Å². The second-order valence-electron chi connectivity index (χ2n) is 10.6. The molecule has 2 aliphatic rings. The molecule has 0 bridgehead atoms. The highest BCUT2D eigenvalue weighted by atomic mass is 16.3. The zero-order valence-corrected chi connectivity index (χ0v) is 24.2. The molecule has 210 valence electrons. The molecular formula is C34H30N4O4. The molecule has 2 aliphatic carbocycles. The topological polar surface area (TPSA) is 123 Å². The van der Waals surface area contributed by atoms with Gasteiger partial charge >= 0.3 is 0 Å². The number of phenolic OH excluding ortho intramolecular Hbond substituents is 2. The summed E-state index contributed by atoms with van der Waals surface area (Å²) in [6, 6.07) is 14.2. The fraction of sp³-hybridized carbons (Fsp3) is 0.176. The van der Waals surface area contributed by atoms with E-state index < -0.39 is 0 Å². The van der Waals surface area contributed by atoms with Crippen molar-refractivity contribution in [2.75, 3.05) is 31.8 Å². The van der Waals surface area contributed by atoms with E-state index in [0.717, 1.165) is 11.1 Å². The molecule has 4 N–H and O–H groups in total. The maximum absolute atomic E-state index is 14.2. The van der Waals surface area contributed by atoms with Crippen molar-refractivity contribution in [3.8, 4) is 11.5 Å². The first-order valence-corrected chi connectivity index (χ1v) is 13.6. The molecule has 0 spiro atoms. The molecule has 6 rings (SSSR count). The smallest absolute Gasteiger partial charge is 0.198 e. The first-order chi connectivity index (χ1) is 20.1. The van der Waals surface area contributed by atoms with Crippen LogP contribution in [-0.2, 0) is 0 Å². The number of nitrogens with zero attached hydrogens (tertiary/aromatic N) is 2. The fourth-order valence-electron chi connectivity index (χ4n) is 6.19. The van der Waals surface area contributed by atoms with Crippen LogP contribution < -0.4 is 32.2 Å². The highest BCUT2D eigenvalue weighted by Gasteiger charge is 2.21. The van der Waals surface area contributed by atoms with Gasteiger partial charge in [-0.2, -0.15) is 0 Å². The Bertz CT molecular complexity index is 2440. The van der Waals surface area contributed by atoms with E-state index in [4.69, 9.17) is 4.99 Å². The molecule has 8 heteroatoms. The molecule has 0 fully saturated rings. The molecule has 4 aromatic carbocycles. The van der Waals surface area contributed by atoms with Crippen LogP contribution in [0.25, 0.3) is 32.3 Å². The lowest BCUT2D eigenvalue weighted by atomic mass is 9.93. The number of hydrogen-bond donors (Lipinski definition) is 4. The highest BCUT2D eigenvalue weighted by Crippen LogP contribution is 2.49. The van der Waals surface area contributed by atoms with Crippen molar-refractivity contribution in [3.63, 3.8) is 0 Å². The monoisotopic (exact) mass is 558 g/mol. The molecule has 0 amide bonds. The van der Waals surface area contributed by atoms with Crippen LogP contribution in [-0.4, -0.2) is 31.4 Å². The summed E-state index contributed by atoms with van der Waals surface area (Å²) in [6.45, 7) is 5.53. The minimum atomic E-state index is -0.333. The Labute approximate surface area is 240 Å².